The van der Waals surface area contributed by atoms with E-state index in [1.165, 1.54) is 11.5 Å². The molecule has 4 amide bonds. The first-order valence-electron chi connectivity index (χ1n) is 5.41. The van der Waals surface area contributed by atoms with E-state index < -0.39 is 24.8 Å². The summed E-state index contributed by atoms with van der Waals surface area (Å²) in [5.41, 5.74) is 4.23. The molecule has 10 heteroatoms. The molecule has 0 aromatic carbocycles. The summed E-state index contributed by atoms with van der Waals surface area (Å²) in [5.74, 6) is 0. The van der Waals surface area contributed by atoms with E-state index in [9.17, 15) is 22.8 Å². The Morgan fingerprint density at radius 3 is 2.30 bits per heavy atom. The van der Waals surface area contributed by atoms with Crippen LogP contribution < -0.4 is 21.5 Å². The number of halogens is 3. The van der Waals surface area contributed by atoms with Crippen LogP contribution in [0, 0.1) is 0 Å². The number of aromatic nitrogens is 1. The fraction of sp³-hybridized carbons (Fsp3) is 0.300. The van der Waals surface area contributed by atoms with Crippen LogP contribution in [-0.4, -0.2) is 29.8 Å². The van der Waals surface area contributed by atoms with Crippen molar-refractivity contribution in [2.24, 2.45) is 0 Å². The number of alkyl halides is 3. The lowest BCUT2D eigenvalue weighted by atomic mass is 10.3. The van der Waals surface area contributed by atoms with E-state index in [0.717, 1.165) is 0 Å². The second-order valence-corrected chi connectivity index (χ2v) is 3.55. The summed E-state index contributed by atoms with van der Waals surface area (Å²) in [5, 5.41) is 3.87. The third-order valence-corrected chi connectivity index (χ3v) is 1.90. The van der Waals surface area contributed by atoms with Crippen LogP contribution in [0.2, 0.25) is 0 Å². The first-order chi connectivity index (χ1) is 9.37. The van der Waals surface area contributed by atoms with Crippen molar-refractivity contribution in [3.8, 4) is 0 Å². The van der Waals surface area contributed by atoms with Crippen molar-refractivity contribution in [2.45, 2.75) is 12.7 Å². The third-order valence-electron chi connectivity index (χ3n) is 1.90. The molecule has 0 bridgehead atoms. The van der Waals surface area contributed by atoms with Gasteiger partial charge in [0.25, 0.3) is 0 Å². The highest BCUT2D eigenvalue weighted by Crippen LogP contribution is 2.11. The molecule has 0 spiro atoms. The molecule has 0 atom stereocenters. The van der Waals surface area contributed by atoms with Crippen molar-refractivity contribution >= 4 is 12.1 Å². The van der Waals surface area contributed by atoms with Gasteiger partial charge in [0.1, 0.15) is 6.54 Å². The lowest BCUT2D eigenvalue weighted by Crippen LogP contribution is -2.51. The highest BCUT2D eigenvalue weighted by molar-refractivity contribution is 5.79. The van der Waals surface area contributed by atoms with Gasteiger partial charge in [0.15, 0.2) is 0 Å². The van der Waals surface area contributed by atoms with Gasteiger partial charge in [0, 0.05) is 6.20 Å². The van der Waals surface area contributed by atoms with E-state index in [0.29, 0.717) is 5.69 Å². The van der Waals surface area contributed by atoms with E-state index in [1.54, 1.807) is 23.6 Å². The molecule has 0 aliphatic heterocycles. The molecule has 4 N–H and O–H groups in total. The summed E-state index contributed by atoms with van der Waals surface area (Å²) in [7, 11) is 0. The van der Waals surface area contributed by atoms with Gasteiger partial charge in [-0.25, -0.2) is 20.4 Å². The van der Waals surface area contributed by atoms with E-state index in [-0.39, 0.29) is 6.54 Å². The third kappa shape index (κ3) is 7.03. The van der Waals surface area contributed by atoms with Crippen molar-refractivity contribution in [1.82, 2.24) is 26.5 Å². The molecular weight excluding hydrogens is 279 g/mol. The minimum atomic E-state index is -4.52. The van der Waals surface area contributed by atoms with Gasteiger partial charge in [-0.15, -0.1) is 0 Å². The average molecular weight is 291 g/mol. The molecule has 1 heterocycles. The number of nitrogens with one attached hydrogen (secondary N) is 4. The molecule has 0 unspecified atom stereocenters. The number of hydrogen-bond acceptors (Lipinski definition) is 3. The van der Waals surface area contributed by atoms with Crippen molar-refractivity contribution in [3.63, 3.8) is 0 Å². The number of rotatable bonds is 3. The lowest BCUT2D eigenvalue weighted by Gasteiger charge is -2.11. The van der Waals surface area contributed by atoms with E-state index in [2.05, 4.69) is 10.3 Å². The average Bonchev–Trinajstić information content (AvgIpc) is 2.41. The Morgan fingerprint density at radius 1 is 1.10 bits per heavy atom. The molecule has 1 aromatic heterocycles. The fourth-order valence-corrected chi connectivity index (χ4v) is 1.06. The molecule has 0 saturated heterocycles. The monoisotopic (exact) mass is 291 g/mol. The first-order valence-corrected chi connectivity index (χ1v) is 5.41. The second-order valence-electron chi connectivity index (χ2n) is 3.55. The summed E-state index contributed by atoms with van der Waals surface area (Å²) in [4.78, 5) is 26.0. The lowest BCUT2D eigenvalue weighted by molar-refractivity contribution is -0.122. The Kier molecular flexibility index (Phi) is 5.56. The molecule has 0 aliphatic carbocycles. The SMILES string of the molecule is O=C(NCc1ccccn1)NNC(=O)NCC(F)(F)F. The van der Waals surface area contributed by atoms with Gasteiger partial charge in [0.2, 0.25) is 0 Å². The summed E-state index contributed by atoms with van der Waals surface area (Å²) in [6.45, 7) is -1.38. The Labute approximate surface area is 111 Å². The Hall–Kier alpha value is -2.52. The van der Waals surface area contributed by atoms with Gasteiger partial charge in [-0.1, -0.05) is 6.07 Å². The quantitative estimate of drug-likeness (QED) is 0.616. The smallest absolute Gasteiger partial charge is 0.331 e. The minimum Gasteiger partial charge on any atom is -0.331 e. The first kappa shape index (κ1) is 15.5. The van der Waals surface area contributed by atoms with Crippen LogP contribution in [0.15, 0.2) is 24.4 Å². The zero-order valence-corrected chi connectivity index (χ0v) is 10.1. The van der Waals surface area contributed by atoms with Crippen molar-refractivity contribution in [2.75, 3.05) is 6.54 Å². The fourth-order valence-electron chi connectivity index (χ4n) is 1.06. The Balaban J connectivity index is 2.18. The maximum absolute atomic E-state index is 11.8. The molecule has 110 valence electrons. The number of hydrogen-bond donors (Lipinski definition) is 4. The summed E-state index contributed by atoms with van der Waals surface area (Å²) in [6, 6.07) is 3.15. The molecule has 0 aliphatic rings. The predicted molar refractivity (Wildman–Crippen MR) is 62.2 cm³/mol. The van der Waals surface area contributed by atoms with Crippen LogP contribution in [-0.2, 0) is 6.54 Å². The number of nitrogens with zero attached hydrogens (tertiary/aromatic N) is 1. The van der Waals surface area contributed by atoms with Crippen LogP contribution in [0.4, 0.5) is 22.8 Å². The van der Waals surface area contributed by atoms with Gasteiger partial charge < -0.3 is 10.6 Å². The highest BCUT2D eigenvalue weighted by atomic mass is 19.4. The van der Waals surface area contributed by atoms with Crippen molar-refractivity contribution in [1.29, 1.82) is 0 Å². The van der Waals surface area contributed by atoms with Gasteiger partial charge in [-0.05, 0) is 12.1 Å². The largest absolute Gasteiger partial charge is 0.405 e. The number of carbonyl (C=O) groups excluding carboxylic acids is 2. The van der Waals surface area contributed by atoms with Crippen molar-refractivity contribution in [3.05, 3.63) is 30.1 Å². The van der Waals surface area contributed by atoms with Crippen LogP contribution in [0.1, 0.15) is 5.69 Å². The molecule has 0 saturated carbocycles. The van der Waals surface area contributed by atoms with Gasteiger partial charge in [-0.3, -0.25) is 4.98 Å². The number of pyridine rings is 1. The predicted octanol–water partition coefficient (Wildman–Crippen LogP) is 0.657. The molecule has 7 nitrogen and oxygen atoms in total. The normalized spacial score (nSPS) is 10.6. The van der Waals surface area contributed by atoms with Crippen molar-refractivity contribution < 1.29 is 22.8 Å². The maximum atomic E-state index is 11.8. The number of amides is 4. The zero-order valence-electron chi connectivity index (χ0n) is 10.1. The minimum absolute atomic E-state index is 0.110. The zero-order chi connectivity index (χ0) is 15.0. The molecular formula is C10H12F3N5O2. The number of hydrazine groups is 1. The number of urea groups is 2. The topological polar surface area (TPSA) is 95.2 Å². The molecule has 1 aromatic rings. The summed E-state index contributed by atoms with van der Waals surface area (Å²) in [6.07, 6.45) is -2.98. The van der Waals surface area contributed by atoms with E-state index in [4.69, 9.17) is 0 Å². The van der Waals surface area contributed by atoms with Crippen LogP contribution in [0.25, 0.3) is 0 Å². The summed E-state index contributed by atoms with van der Waals surface area (Å²) >= 11 is 0. The molecule has 0 radical (unpaired) electrons. The molecule has 0 fully saturated rings. The van der Waals surface area contributed by atoms with Crippen LogP contribution >= 0.6 is 0 Å². The highest BCUT2D eigenvalue weighted by Gasteiger charge is 2.27. The standard InChI is InChI=1S/C10H12F3N5O2/c11-10(12,13)6-16-9(20)18-17-8(19)15-5-7-3-1-2-4-14-7/h1-4H,5-6H2,(H2,15,17,19)(H2,16,18,20). The van der Waals surface area contributed by atoms with E-state index in [1.807, 2.05) is 5.43 Å². The summed E-state index contributed by atoms with van der Waals surface area (Å²) < 4.78 is 35.3. The van der Waals surface area contributed by atoms with Crippen LogP contribution in [0.3, 0.4) is 0 Å². The van der Waals surface area contributed by atoms with Gasteiger partial charge in [0.05, 0.1) is 12.2 Å². The van der Waals surface area contributed by atoms with Gasteiger partial charge in [-0.2, -0.15) is 13.2 Å². The molecule has 1 rings (SSSR count). The van der Waals surface area contributed by atoms with Gasteiger partial charge >= 0.3 is 18.2 Å². The Morgan fingerprint density at radius 2 is 1.75 bits per heavy atom. The van der Waals surface area contributed by atoms with Crippen LogP contribution in [0.5, 0.6) is 0 Å². The maximum Gasteiger partial charge on any atom is 0.405 e. The number of carbonyl (C=O) groups is 2. The molecule has 20 heavy (non-hydrogen) atoms. The van der Waals surface area contributed by atoms with E-state index >= 15 is 0 Å². The Bertz CT molecular complexity index is 452. The second kappa shape index (κ2) is 7.16.